The Bertz CT molecular complexity index is 653. The first-order valence-corrected chi connectivity index (χ1v) is 9.24. The molecule has 0 bridgehead atoms. The van der Waals surface area contributed by atoms with Crippen molar-refractivity contribution in [1.82, 2.24) is 20.0 Å². The lowest BCUT2D eigenvalue weighted by Gasteiger charge is -2.38. The molecule has 2 heterocycles. The van der Waals surface area contributed by atoms with Crippen LogP contribution in [0.15, 0.2) is 12.3 Å². The molecule has 2 unspecified atom stereocenters. The Balaban J connectivity index is 1.37. The summed E-state index contributed by atoms with van der Waals surface area (Å²) in [7, 11) is 1.95. The Morgan fingerprint density at radius 1 is 1.40 bits per heavy atom. The molecule has 0 aromatic carbocycles. The highest BCUT2D eigenvalue weighted by molar-refractivity contribution is 5.80. The second kappa shape index (κ2) is 6.04. The summed E-state index contributed by atoms with van der Waals surface area (Å²) in [6.07, 6.45) is 5.42. The number of hydrogen-bond donors (Lipinski definition) is 1. The van der Waals surface area contributed by atoms with Crippen LogP contribution in [0.2, 0.25) is 0 Å². The summed E-state index contributed by atoms with van der Waals surface area (Å²) in [5.74, 6) is -2.61. The summed E-state index contributed by atoms with van der Waals surface area (Å²) in [5.41, 5.74) is 1.20. The summed E-state index contributed by atoms with van der Waals surface area (Å²) >= 11 is 0. The Kier molecular flexibility index (Phi) is 4.09. The largest absolute Gasteiger partial charge is 0.353 e. The zero-order valence-electron chi connectivity index (χ0n) is 14.7. The highest BCUT2D eigenvalue weighted by Crippen LogP contribution is 2.50. The lowest BCUT2D eigenvalue weighted by Crippen LogP contribution is -2.53. The lowest BCUT2D eigenvalue weighted by atomic mass is 9.76. The van der Waals surface area contributed by atoms with E-state index in [0.29, 0.717) is 0 Å². The number of nitrogens with zero attached hydrogens (tertiary/aromatic N) is 3. The fourth-order valence-electron chi connectivity index (χ4n) is 5.01. The highest BCUT2D eigenvalue weighted by atomic mass is 19.3. The van der Waals surface area contributed by atoms with Crippen LogP contribution in [-0.2, 0) is 18.4 Å². The van der Waals surface area contributed by atoms with Crippen LogP contribution in [0.1, 0.15) is 44.2 Å². The molecule has 1 aliphatic heterocycles. The van der Waals surface area contributed by atoms with Gasteiger partial charge in [0, 0.05) is 51.1 Å². The van der Waals surface area contributed by atoms with Crippen molar-refractivity contribution < 1.29 is 13.6 Å². The minimum atomic E-state index is -2.58. The number of nitrogens with one attached hydrogen (secondary N) is 1. The molecule has 5 nitrogen and oxygen atoms in total. The summed E-state index contributed by atoms with van der Waals surface area (Å²) in [5, 5.41) is 7.10. The number of amides is 1. The molecule has 2 saturated carbocycles. The average Bonchev–Trinajstić information content (AvgIpc) is 3.21. The van der Waals surface area contributed by atoms with E-state index in [-0.39, 0.29) is 36.1 Å². The van der Waals surface area contributed by atoms with E-state index in [2.05, 4.69) is 15.3 Å². The third-order valence-electron chi connectivity index (χ3n) is 6.43. The second-order valence-electron chi connectivity index (χ2n) is 8.18. The van der Waals surface area contributed by atoms with Crippen molar-refractivity contribution in [2.75, 3.05) is 13.1 Å². The molecule has 1 aromatic rings. The standard InChI is InChI=1S/C18H26F2N4O/c1-23-14(4-7-21-23)11-24-8-6-17(12-24)5-2-3-15(17)16(25)22-13-9-18(19,20)10-13/h4,7,13,15H,2-3,5-6,8-12H2,1H3,(H,22,25). The van der Waals surface area contributed by atoms with E-state index in [1.54, 1.807) is 6.20 Å². The predicted molar refractivity (Wildman–Crippen MR) is 89.0 cm³/mol. The van der Waals surface area contributed by atoms with E-state index >= 15 is 0 Å². The number of rotatable bonds is 4. The lowest BCUT2D eigenvalue weighted by molar-refractivity contribution is -0.135. The first kappa shape index (κ1) is 16.9. The van der Waals surface area contributed by atoms with Crippen molar-refractivity contribution >= 4 is 5.91 Å². The Morgan fingerprint density at radius 2 is 2.20 bits per heavy atom. The molecule has 2 aliphatic carbocycles. The zero-order valence-corrected chi connectivity index (χ0v) is 14.7. The molecule has 1 N–H and O–H groups in total. The van der Waals surface area contributed by atoms with Gasteiger partial charge in [0.1, 0.15) is 0 Å². The third kappa shape index (κ3) is 3.18. The van der Waals surface area contributed by atoms with Crippen molar-refractivity contribution in [3.63, 3.8) is 0 Å². The van der Waals surface area contributed by atoms with Crippen LogP contribution >= 0.6 is 0 Å². The van der Waals surface area contributed by atoms with Crippen molar-refractivity contribution in [1.29, 1.82) is 0 Å². The molecule has 3 fully saturated rings. The van der Waals surface area contributed by atoms with Crippen molar-refractivity contribution in [3.8, 4) is 0 Å². The molecular weight excluding hydrogens is 326 g/mol. The molecule has 3 aliphatic rings. The van der Waals surface area contributed by atoms with Crippen LogP contribution in [0.3, 0.4) is 0 Å². The number of likely N-dealkylation sites (tertiary alicyclic amines) is 1. The van der Waals surface area contributed by atoms with E-state index in [9.17, 15) is 13.6 Å². The maximum atomic E-state index is 13.0. The fourth-order valence-corrected chi connectivity index (χ4v) is 5.01. The van der Waals surface area contributed by atoms with Gasteiger partial charge in [0.05, 0.1) is 5.69 Å². The van der Waals surface area contributed by atoms with Gasteiger partial charge in [-0.1, -0.05) is 6.42 Å². The maximum absolute atomic E-state index is 13.0. The Morgan fingerprint density at radius 3 is 2.88 bits per heavy atom. The second-order valence-corrected chi connectivity index (χ2v) is 8.18. The Labute approximate surface area is 146 Å². The van der Waals surface area contributed by atoms with Crippen LogP contribution in [0.25, 0.3) is 0 Å². The molecular formula is C18H26F2N4O. The minimum absolute atomic E-state index is 0.000355. The molecule has 1 amide bonds. The van der Waals surface area contributed by atoms with Gasteiger partial charge in [0.15, 0.2) is 0 Å². The highest BCUT2D eigenvalue weighted by Gasteiger charge is 2.52. The Hall–Kier alpha value is -1.50. The number of hydrogen-bond acceptors (Lipinski definition) is 3. The van der Waals surface area contributed by atoms with Crippen LogP contribution in [-0.4, -0.2) is 45.6 Å². The average molecular weight is 352 g/mol. The van der Waals surface area contributed by atoms with Gasteiger partial charge in [-0.2, -0.15) is 5.10 Å². The molecule has 7 heteroatoms. The monoisotopic (exact) mass is 352 g/mol. The molecule has 4 rings (SSSR count). The van der Waals surface area contributed by atoms with Crippen molar-refractivity contribution in [2.24, 2.45) is 18.4 Å². The van der Waals surface area contributed by atoms with Gasteiger partial charge in [-0.25, -0.2) is 8.78 Å². The van der Waals surface area contributed by atoms with E-state index < -0.39 is 5.92 Å². The molecule has 2 atom stereocenters. The van der Waals surface area contributed by atoms with Gasteiger partial charge >= 0.3 is 0 Å². The van der Waals surface area contributed by atoms with Crippen LogP contribution in [0.5, 0.6) is 0 Å². The van der Waals surface area contributed by atoms with Gasteiger partial charge in [-0.05, 0) is 37.3 Å². The topological polar surface area (TPSA) is 50.2 Å². The summed E-state index contributed by atoms with van der Waals surface area (Å²) in [6.45, 7) is 2.75. The maximum Gasteiger partial charge on any atom is 0.252 e. The third-order valence-corrected chi connectivity index (χ3v) is 6.43. The quantitative estimate of drug-likeness (QED) is 0.905. The van der Waals surface area contributed by atoms with Crippen LogP contribution in [0.4, 0.5) is 8.78 Å². The number of carbonyl (C=O) groups is 1. The fraction of sp³-hybridized carbons (Fsp3) is 0.778. The van der Waals surface area contributed by atoms with E-state index in [0.717, 1.165) is 45.3 Å². The van der Waals surface area contributed by atoms with Crippen LogP contribution < -0.4 is 5.32 Å². The normalized spacial score (nSPS) is 32.2. The van der Waals surface area contributed by atoms with Gasteiger partial charge in [-0.15, -0.1) is 0 Å². The number of carbonyl (C=O) groups excluding carboxylic acids is 1. The van der Waals surface area contributed by atoms with Gasteiger partial charge < -0.3 is 5.32 Å². The molecule has 25 heavy (non-hydrogen) atoms. The van der Waals surface area contributed by atoms with Crippen molar-refractivity contribution in [3.05, 3.63) is 18.0 Å². The zero-order chi connectivity index (χ0) is 17.7. The van der Waals surface area contributed by atoms with E-state index in [4.69, 9.17) is 0 Å². The molecule has 1 spiro atoms. The molecule has 0 radical (unpaired) electrons. The summed E-state index contributed by atoms with van der Waals surface area (Å²) in [4.78, 5) is 15.1. The number of aromatic nitrogens is 2. The van der Waals surface area contributed by atoms with Gasteiger partial charge in [0.25, 0.3) is 5.92 Å². The van der Waals surface area contributed by atoms with E-state index in [1.807, 2.05) is 17.8 Å². The molecule has 138 valence electrons. The smallest absolute Gasteiger partial charge is 0.252 e. The molecule has 1 aromatic heterocycles. The number of aryl methyl sites for hydroxylation is 1. The summed E-state index contributed by atoms with van der Waals surface area (Å²) < 4.78 is 27.9. The summed E-state index contributed by atoms with van der Waals surface area (Å²) in [6, 6.07) is 1.69. The first-order valence-electron chi connectivity index (χ1n) is 9.24. The number of halogens is 2. The van der Waals surface area contributed by atoms with Crippen LogP contribution in [0, 0.1) is 11.3 Å². The number of alkyl halides is 2. The first-order chi connectivity index (χ1) is 11.9. The molecule has 1 saturated heterocycles. The van der Waals surface area contributed by atoms with Gasteiger partial charge in [0.2, 0.25) is 5.91 Å². The predicted octanol–water partition coefficient (Wildman–Crippen LogP) is 2.33. The van der Waals surface area contributed by atoms with E-state index in [1.165, 1.54) is 5.69 Å². The SMILES string of the molecule is Cn1nccc1CN1CCC2(CCCC2C(=O)NC2CC(F)(F)C2)C1. The minimum Gasteiger partial charge on any atom is -0.353 e. The van der Waals surface area contributed by atoms with Crippen molar-refractivity contribution in [2.45, 2.75) is 57.0 Å². The van der Waals surface area contributed by atoms with Gasteiger partial charge in [-0.3, -0.25) is 14.4 Å².